The van der Waals surface area contributed by atoms with Crippen LogP contribution in [0, 0.1) is 5.92 Å². The molecule has 2 saturated carbocycles. The first kappa shape index (κ1) is 15.3. The molecule has 1 N–H and O–H groups in total. The average molecular weight is 296 g/mol. The molecule has 0 amide bonds. The lowest BCUT2D eigenvalue weighted by molar-refractivity contribution is -0.153. The van der Waals surface area contributed by atoms with E-state index in [-0.39, 0.29) is 18.2 Å². The molecular formula is C16H28N2O3. The van der Waals surface area contributed by atoms with Gasteiger partial charge in [-0.1, -0.05) is 0 Å². The van der Waals surface area contributed by atoms with E-state index < -0.39 is 5.54 Å². The van der Waals surface area contributed by atoms with Gasteiger partial charge in [-0.25, -0.2) is 4.79 Å². The zero-order valence-corrected chi connectivity index (χ0v) is 13.4. The molecule has 1 saturated heterocycles. The topological polar surface area (TPSA) is 50.8 Å². The van der Waals surface area contributed by atoms with Gasteiger partial charge in [0.25, 0.3) is 0 Å². The van der Waals surface area contributed by atoms with Crippen molar-refractivity contribution in [2.24, 2.45) is 5.92 Å². The molecular weight excluding hydrogens is 268 g/mol. The number of hydrogen-bond acceptors (Lipinski definition) is 5. The first-order chi connectivity index (χ1) is 10.0. The first-order valence-electron chi connectivity index (χ1n) is 8.27. The lowest BCUT2D eigenvalue weighted by Gasteiger charge is -2.42. The van der Waals surface area contributed by atoms with E-state index in [1.807, 2.05) is 0 Å². The quantitative estimate of drug-likeness (QED) is 0.746. The number of esters is 1. The van der Waals surface area contributed by atoms with Crippen molar-refractivity contribution in [2.45, 2.75) is 63.3 Å². The highest BCUT2D eigenvalue weighted by Gasteiger charge is 2.54. The molecule has 21 heavy (non-hydrogen) atoms. The number of carbonyl (C=O) groups excluding carboxylic acids is 1. The van der Waals surface area contributed by atoms with Crippen LogP contribution in [-0.4, -0.2) is 61.4 Å². The van der Waals surface area contributed by atoms with Crippen molar-refractivity contribution in [1.29, 1.82) is 0 Å². The van der Waals surface area contributed by atoms with Crippen LogP contribution in [-0.2, 0) is 14.3 Å². The smallest absolute Gasteiger partial charge is 0.327 e. The Morgan fingerprint density at radius 2 is 1.86 bits per heavy atom. The van der Waals surface area contributed by atoms with Crippen LogP contribution in [0.3, 0.4) is 0 Å². The van der Waals surface area contributed by atoms with Gasteiger partial charge in [-0.15, -0.1) is 0 Å². The molecule has 0 aromatic heterocycles. The summed E-state index contributed by atoms with van der Waals surface area (Å²) in [6.45, 7) is 6.74. The van der Waals surface area contributed by atoms with Crippen LogP contribution in [0.2, 0.25) is 0 Å². The number of nitrogens with one attached hydrogen (secondary N) is 1. The van der Waals surface area contributed by atoms with Crippen molar-refractivity contribution in [2.75, 3.05) is 26.7 Å². The summed E-state index contributed by atoms with van der Waals surface area (Å²) in [6, 6.07) is 0.501. The van der Waals surface area contributed by atoms with Crippen molar-refractivity contribution in [3.63, 3.8) is 0 Å². The van der Waals surface area contributed by atoms with E-state index in [9.17, 15) is 4.79 Å². The predicted octanol–water partition coefficient (Wildman–Crippen LogP) is 1.17. The number of carbonyl (C=O) groups is 1. The highest BCUT2D eigenvalue weighted by molar-refractivity contribution is 5.82. The van der Waals surface area contributed by atoms with Crippen LogP contribution in [0.25, 0.3) is 0 Å². The van der Waals surface area contributed by atoms with Crippen molar-refractivity contribution < 1.29 is 14.3 Å². The maximum atomic E-state index is 12.6. The fourth-order valence-electron chi connectivity index (χ4n) is 3.70. The monoisotopic (exact) mass is 296 g/mol. The lowest BCUT2D eigenvalue weighted by Crippen LogP contribution is -2.63. The molecule has 1 heterocycles. The second kappa shape index (κ2) is 5.86. The van der Waals surface area contributed by atoms with Gasteiger partial charge in [0.15, 0.2) is 0 Å². The molecule has 3 rings (SSSR count). The standard InChI is InChI=1S/C16H28N2O3/c1-11-8-18(9-12(2)21-11)10-16(13-4-5-13,15(19)20-3)17-14-6-7-14/h11-14,17H,4-10H2,1-3H3. The summed E-state index contributed by atoms with van der Waals surface area (Å²) in [6.07, 6.45) is 5.07. The predicted molar refractivity (Wildman–Crippen MR) is 80.1 cm³/mol. The molecule has 3 atom stereocenters. The maximum Gasteiger partial charge on any atom is 0.327 e. The van der Waals surface area contributed by atoms with Crippen LogP contribution in [0.5, 0.6) is 0 Å². The fourth-order valence-corrected chi connectivity index (χ4v) is 3.70. The Hall–Kier alpha value is -0.650. The summed E-state index contributed by atoms with van der Waals surface area (Å²) in [5.41, 5.74) is -0.507. The lowest BCUT2D eigenvalue weighted by atomic mass is 9.91. The van der Waals surface area contributed by atoms with Gasteiger partial charge in [-0.05, 0) is 45.4 Å². The normalized spacial score (nSPS) is 33.5. The third-order valence-corrected chi connectivity index (χ3v) is 4.83. The molecule has 5 heteroatoms. The van der Waals surface area contributed by atoms with E-state index in [4.69, 9.17) is 9.47 Å². The fraction of sp³-hybridized carbons (Fsp3) is 0.938. The maximum absolute atomic E-state index is 12.6. The Bertz CT molecular complexity index is 385. The minimum atomic E-state index is -0.507. The van der Waals surface area contributed by atoms with E-state index in [1.165, 1.54) is 20.0 Å². The van der Waals surface area contributed by atoms with Crippen LogP contribution < -0.4 is 5.32 Å². The van der Waals surface area contributed by atoms with E-state index in [1.54, 1.807) is 0 Å². The molecule has 2 aliphatic carbocycles. The van der Waals surface area contributed by atoms with Crippen LogP contribution >= 0.6 is 0 Å². The molecule has 3 fully saturated rings. The number of hydrogen-bond donors (Lipinski definition) is 1. The summed E-state index contributed by atoms with van der Waals surface area (Å²) in [5, 5.41) is 3.64. The average Bonchev–Trinajstić information content (AvgIpc) is 3.27. The number of ether oxygens (including phenoxy) is 2. The van der Waals surface area contributed by atoms with Crippen molar-refractivity contribution in [3.8, 4) is 0 Å². The molecule has 0 aromatic rings. The Balaban J connectivity index is 1.75. The summed E-state index contributed by atoms with van der Waals surface area (Å²) >= 11 is 0. The third-order valence-electron chi connectivity index (χ3n) is 4.83. The van der Waals surface area contributed by atoms with Crippen molar-refractivity contribution in [3.05, 3.63) is 0 Å². The van der Waals surface area contributed by atoms with Crippen LogP contribution in [0.1, 0.15) is 39.5 Å². The van der Waals surface area contributed by atoms with E-state index in [0.717, 1.165) is 32.5 Å². The molecule has 120 valence electrons. The number of methoxy groups -OCH3 is 1. The summed E-state index contributed by atoms with van der Waals surface area (Å²) in [7, 11) is 1.51. The minimum Gasteiger partial charge on any atom is -0.468 e. The summed E-state index contributed by atoms with van der Waals surface area (Å²) < 4.78 is 11.0. The van der Waals surface area contributed by atoms with E-state index >= 15 is 0 Å². The molecule has 0 aromatic carbocycles. The first-order valence-corrected chi connectivity index (χ1v) is 8.27. The van der Waals surface area contributed by atoms with Crippen molar-refractivity contribution in [1.82, 2.24) is 10.2 Å². The Kier molecular flexibility index (Phi) is 4.26. The zero-order chi connectivity index (χ0) is 15.0. The molecule has 0 spiro atoms. The van der Waals surface area contributed by atoms with Gasteiger partial charge >= 0.3 is 5.97 Å². The molecule has 5 nitrogen and oxygen atoms in total. The van der Waals surface area contributed by atoms with Crippen LogP contribution in [0.4, 0.5) is 0 Å². The summed E-state index contributed by atoms with van der Waals surface area (Å²) in [5.74, 6) is 0.350. The molecule has 3 aliphatic rings. The second-order valence-electron chi connectivity index (χ2n) is 7.11. The van der Waals surface area contributed by atoms with E-state index in [0.29, 0.717) is 12.0 Å². The Labute approximate surface area is 127 Å². The van der Waals surface area contributed by atoms with Crippen molar-refractivity contribution >= 4 is 5.97 Å². The van der Waals surface area contributed by atoms with Gasteiger partial charge in [-0.3, -0.25) is 10.2 Å². The van der Waals surface area contributed by atoms with Gasteiger partial charge in [-0.2, -0.15) is 0 Å². The molecule has 0 radical (unpaired) electrons. The van der Waals surface area contributed by atoms with Gasteiger partial charge in [0.05, 0.1) is 19.3 Å². The Morgan fingerprint density at radius 1 is 1.24 bits per heavy atom. The number of nitrogens with zero attached hydrogens (tertiary/aromatic N) is 1. The van der Waals surface area contributed by atoms with Crippen LogP contribution in [0.15, 0.2) is 0 Å². The largest absolute Gasteiger partial charge is 0.468 e. The van der Waals surface area contributed by atoms with Gasteiger partial charge in [0.1, 0.15) is 5.54 Å². The number of rotatable bonds is 6. The third kappa shape index (κ3) is 3.41. The van der Waals surface area contributed by atoms with Gasteiger partial charge < -0.3 is 9.47 Å². The van der Waals surface area contributed by atoms with Gasteiger partial charge in [0, 0.05) is 25.7 Å². The second-order valence-corrected chi connectivity index (χ2v) is 7.11. The molecule has 0 bridgehead atoms. The highest BCUT2D eigenvalue weighted by atomic mass is 16.5. The number of morpholine rings is 1. The highest BCUT2D eigenvalue weighted by Crippen LogP contribution is 2.43. The SMILES string of the molecule is COC(=O)C(CN1CC(C)OC(C)C1)(NC1CC1)C1CC1. The van der Waals surface area contributed by atoms with E-state index in [2.05, 4.69) is 24.1 Å². The Morgan fingerprint density at radius 3 is 2.33 bits per heavy atom. The minimum absolute atomic E-state index is 0.0799. The zero-order valence-electron chi connectivity index (χ0n) is 13.4. The molecule has 1 aliphatic heterocycles. The molecule has 3 unspecified atom stereocenters. The summed E-state index contributed by atoms with van der Waals surface area (Å²) in [4.78, 5) is 15.0. The van der Waals surface area contributed by atoms with Gasteiger partial charge in [0.2, 0.25) is 0 Å².